The molecule has 0 bridgehead atoms. The highest BCUT2D eigenvalue weighted by atomic mass is 35.5. The van der Waals surface area contributed by atoms with E-state index in [1.54, 1.807) is 24.3 Å². The fourth-order valence-electron chi connectivity index (χ4n) is 2.90. The molecule has 1 aromatic heterocycles. The van der Waals surface area contributed by atoms with E-state index in [9.17, 15) is 4.79 Å². The number of para-hydroxylation sites is 2. The van der Waals surface area contributed by atoms with Crippen LogP contribution in [0.2, 0.25) is 5.02 Å². The molecule has 3 aromatic carbocycles. The summed E-state index contributed by atoms with van der Waals surface area (Å²) in [6.07, 6.45) is 0. The van der Waals surface area contributed by atoms with Gasteiger partial charge >= 0.3 is 6.03 Å². The second-order valence-corrected chi connectivity index (χ2v) is 6.34. The Bertz CT molecular complexity index is 1050. The van der Waals surface area contributed by atoms with Crippen LogP contribution in [0.5, 0.6) is 0 Å². The average Bonchev–Trinajstić information content (AvgIpc) is 3.06. The Morgan fingerprint density at radius 3 is 2.50 bits per heavy atom. The largest absolute Gasteiger partial charge is 0.354 e. The highest BCUT2D eigenvalue weighted by molar-refractivity contribution is 6.30. The summed E-state index contributed by atoms with van der Waals surface area (Å²) in [5.74, 6) is 0. The summed E-state index contributed by atoms with van der Waals surface area (Å²) in [5, 5.41) is 7.40. The minimum absolute atomic E-state index is 0.323. The van der Waals surface area contributed by atoms with E-state index in [1.807, 2.05) is 42.5 Å². The van der Waals surface area contributed by atoms with Gasteiger partial charge in [-0.2, -0.15) is 0 Å². The molecule has 4 nitrogen and oxygen atoms in total. The molecule has 5 heteroatoms. The summed E-state index contributed by atoms with van der Waals surface area (Å²) < 4.78 is 0. The van der Waals surface area contributed by atoms with Gasteiger partial charge in [0.25, 0.3) is 0 Å². The van der Waals surface area contributed by atoms with Gasteiger partial charge in [-0.05, 0) is 36.4 Å². The molecule has 3 N–H and O–H groups in total. The molecule has 1 heterocycles. The van der Waals surface area contributed by atoms with Gasteiger partial charge in [-0.3, -0.25) is 0 Å². The Hall–Kier alpha value is -3.24. The smallest absolute Gasteiger partial charge is 0.323 e. The number of hydrogen-bond acceptors (Lipinski definition) is 1. The number of rotatable bonds is 3. The molecule has 2 amide bonds. The third-order valence-corrected chi connectivity index (χ3v) is 4.31. The van der Waals surface area contributed by atoms with Gasteiger partial charge in [-0.1, -0.05) is 54.1 Å². The highest BCUT2D eigenvalue weighted by Crippen LogP contribution is 2.30. The fourth-order valence-corrected chi connectivity index (χ4v) is 3.09. The van der Waals surface area contributed by atoms with Crippen LogP contribution in [0, 0.1) is 0 Å². The Labute approximate surface area is 155 Å². The lowest BCUT2D eigenvalue weighted by atomic mass is 10.1. The maximum atomic E-state index is 12.4. The van der Waals surface area contributed by atoms with Gasteiger partial charge in [0.05, 0.1) is 5.69 Å². The average molecular weight is 362 g/mol. The number of aromatic amines is 1. The number of benzene rings is 3. The number of fused-ring (bicyclic) bond motifs is 1. The molecule has 0 atom stereocenters. The van der Waals surface area contributed by atoms with Crippen molar-refractivity contribution in [3.05, 3.63) is 83.9 Å². The zero-order chi connectivity index (χ0) is 17.9. The highest BCUT2D eigenvalue weighted by Gasteiger charge is 2.10. The van der Waals surface area contributed by atoms with Crippen LogP contribution in [0.4, 0.5) is 16.2 Å². The predicted molar refractivity (Wildman–Crippen MR) is 108 cm³/mol. The number of nitrogens with one attached hydrogen (secondary N) is 3. The van der Waals surface area contributed by atoms with Crippen molar-refractivity contribution in [2.24, 2.45) is 0 Å². The Morgan fingerprint density at radius 2 is 1.65 bits per heavy atom. The lowest BCUT2D eigenvalue weighted by molar-refractivity contribution is 0.262. The summed E-state index contributed by atoms with van der Waals surface area (Å²) >= 11 is 5.96. The Balaban J connectivity index is 1.60. The number of aromatic nitrogens is 1. The summed E-state index contributed by atoms with van der Waals surface area (Å²) in [6.45, 7) is 0. The monoisotopic (exact) mass is 361 g/mol. The molecule has 0 aliphatic carbocycles. The summed E-state index contributed by atoms with van der Waals surface area (Å²) in [6, 6.07) is 24.5. The zero-order valence-electron chi connectivity index (χ0n) is 13.8. The molecule has 0 radical (unpaired) electrons. The van der Waals surface area contributed by atoms with Crippen LogP contribution < -0.4 is 10.6 Å². The number of carbonyl (C=O) groups excluding carboxylic acids is 1. The van der Waals surface area contributed by atoms with Gasteiger partial charge in [-0.25, -0.2) is 4.79 Å². The van der Waals surface area contributed by atoms with E-state index in [4.69, 9.17) is 11.6 Å². The first-order chi connectivity index (χ1) is 12.7. The molecule has 128 valence electrons. The second kappa shape index (κ2) is 6.94. The van der Waals surface area contributed by atoms with Crippen molar-refractivity contribution in [2.45, 2.75) is 0 Å². The van der Waals surface area contributed by atoms with Gasteiger partial charge in [-0.15, -0.1) is 0 Å². The van der Waals surface area contributed by atoms with Gasteiger partial charge in [0.2, 0.25) is 0 Å². The van der Waals surface area contributed by atoms with E-state index in [1.165, 1.54) is 0 Å². The molecule has 0 saturated carbocycles. The number of halogens is 1. The van der Waals surface area contributed by atoms with Gasteiger partial charge in [0.15, 0.2) is 0 Å². The quantitative estimate of drug-likeness (QED) is 0.403. The van der Waals surface area contributed by atoms with Crippen molar-refractivity contribution in [3.8, 4) is 11.3 Å². The first-order valence-electron chi connectivity index (χ1n) is 8.20. The van der Waals surface area contributed by atoms with Crippen LogP contribution in [-0.4, -0.2) is 11.0 Å². The summed E-state index contributed by atoms with van der Waals surface area (Å²) in [5.41, 5.74) is 4.28. The topological polar surface area (TPSA) is 56.9 Å². The lowest BCUT2D eigenvalue weighted by Crippen LogP contribution is -2.19. The standard InChI is InChI=1S/C21H16ClN3O/c22-15-7-5-8-16(13-15)23-21(26)25-19-11-4-2-9-17(19)20-12-14-6-1-3-10-18(14)24-20/h1-13,24H,(H2,23,25,26). The van der Waals surface area contributed by atoms with Crippen LogP contribution >= 0.6 is 11.6 Å². The van der Waals surface area contributed by atoms with E-state index >= 15 is 0 Å². The van der Waals surface area contributed by atoms with Crippen molar-refractivity contribution in [1.29, 1.82) is 0 Å². The SMILES string of the molecule is O=C(Nc1cccc(Cl)c1)Nc1ccccc1-c1cc2ccccc2[nH]1. The fraction of sp³-hybridized carbons (Fsp3) is 0. The summed E-state index contributed by atoms with van der Waals surface area (Å²) in [4.78, 5) is 15.8. The molecule has 4 aromatic rings. The van der Waals surface area contributed by atoms with E-state index in [0.717, 1.165) is 27.8 Å². The molecule has 4 rings (SSSR count). The maximum absolute atomic E-state index is 12.4. The van der Waals surface area contributed by atoms with Gasteiger partial charge in [0, 0.05) is 32.9 Å². The molecular formula is C21H16ClN3O. The van der Waals surface area contributed by atoms with E-state index in [2.05, 4.69) is 27.8 Å². The number of carbonyl (C=O) groups is 1. The molecule has 0 aliphatic rings. The van der Waals surface area contributed by atoms with Gasteiger partial charge < -0.3 is 15.6 Å². The van der Waals surface area contributed by atoms with Crippen LogP contribution in [0.1, 0.15) is 0 Å². The first kappa shape index (κ1) is 16.2. The Morgan fingerprint density at radius 1 is 0.846 bits per heavy atom. The van der Waals surface area contributed by atoms with E-state index in [-0.39, 0.29) is 6.03 Å². The third kappa shape index (κ3) is 3.41. The van der Waals surface area contributed by atoms with E-state index in [0.29, 0.717) is 10.7 Å². The number of anilines is 2. The number of urea groups is 1. The van der Waals surface area contributed by atoms with Crippen molar-refractivity contribution in [3.63, 3.8) is 0 Å². The number of H-pyrrole nitrogens is 1. The second-order valence-electron chi connectivity index (χ2n) is 5.91. The molecule has 0 unspecified atom stereocenters. The van der Waals surface area contributed by atoms with Crippen molar-refractivity contribution < 1.29 is 4.79 Å². The molecule has 0 spiro atoms. The number of hydrogen-bond donors (Lipinski definition) is 3. The molecular weight excluding hydrogens is 346 g/mol. The molecule has 0 fully saturated rings. The molecule has 0 saturated heterocycles. The van der Waals surface area contributed by atoms with E-state index < -0.39 is 0 Å². The summed E-state index contributed by atoms with van der Waals surface area (Å²) in [7, 11) is 0. The lowest BCUT2D eigenvalue weighted by Gasteiger charge is -2.11. The maximum Gasteiger partial charge on any atom is 0.323 e. The van der Waals surface area contributed by atoms with Crippen LogP contribution in [0.15, 0.2) is 78.9 Å². The Kier molecular flexibility index (Phi) is 4.33. The third-order valence-electron chi connectivity index (χ3n) is 4.08. The van der Waals surface area contributed by atoms with Gasteiger partial charge in [0.1, 0.15) is 0 Å². The number of amides is 2. The van der Waals surface area contributed by atoms with Crippen molar-refractivity contribution in [1.82, 2.24) is 4.98 Å². The molecule has 26 heavy (non-hydrogen) atoms. The predicted octanol–water partition coefficient (Wildman–Crippen LogP) is 6.13. The zero-order valence-corrected chi connectivity index (χ0v) is 14.5. The minimum atomic E-state index is -0.323. The molecule has 0 aliphatic heterocycles. The van der Waals surface area contributed by atoms with Crippen LogP contribution in [0.3, 0.4) is 0 Å². The van der Waals surface area contributed by atoms with Crippen LogP contribution in [-0.2, 0) is 0 Å². The normalized spacial score (nSPS) is 10.7. The van der Waals surface area contributed by atoms with Crippen molar-refractivity contribution >= 4 is 39.9 Å². The van der Waals surface area contributed by atoms with Crippen molar-refractivity contribution in [2.75, 3.05) is 10.6 Å². The van der Waals surface area contributed by atoms with Crippen LogP contribution in [0.25, 0.3) is 22.2 Å². The first-order valence-corrected chi connectivity index (χ1v) is 8.57. The minimum Gasteiger partial charge on any atom is -0.354 e.